The number of benzene rings is 1. The molecule has 0 bridgehead atoms. The van der Waals surface area contributed by atoms with E-state index in [0.29, 0.717) is 0 Å². The topological polar surface area (TPSA) is 15.3 Å². The molecule has 0 fully saturated rings. The van der Waals surface area contributed by atoms with Crippen LogP contribution in [0, 0.1) is 0 Å². The summed E-state index contributed by atoms with van der Waals surface area (Å²) in [4.78, 5) is 2.36. The van der Waals surface area contributed by atoms with Gasteiger partial charge in [0.2, 0.25) is 0 Å². The second kappa shape index (κ2) is 7.07. The lowest BCUT2D eigenvalue weighted by molar-refractivity contribution is 0.708. The van der Waals surface area contributed by atoms with Crippen molar-refractivity contribution in [3.05, 3.63) is 43.0 Å². The number of likely N-dealkylation sites (N-methyl/N-ethyl adjacent to an activating group) is 1. The Morgan fingerprint density at radius 1 is 1.33 bits per heavy atom. The first-order chi connectivity index (χ1) is 7.38. The van der Waals surface area contributed by atoms with Crippen LogP contribution in [0.5, 0.6) is 0 Å². The molecule has 1 aromatic carbocycles. The summed E-state index contributed by atoms with van der Waals surface area (Å²) >= 11 is 0. The van der Waals surface area contributed by atoms with Crippen molar-refractivity contribution in [3.8, 4) is 0 Å². The molecule has 0 aliphatic rings. The van der Waals surface area contributed by atoms with Crippen molar-refractivity contribution in [1.82, 2.24) is 5.32 Å². The number of anilines is 1. The molecule has 0 aromatic heterocycles. The van der Waals surface area contributed by atoms with Crippen LogP contribution in [0.1, 0.15) is 6.92 Å². The molecule has 0 amide bonds. The van der Waals surface area contributed by atoms with Crippen molar-refractivity contribution in [1.29, 1.82) is 0 Å². The Kier molecular flexibility index (Phi) is 5.56. The first kappa shape index (κ1) is 11.8. The maximum absolute atomic E-state index is 3.68. The Hall–Kier alpha value is -1.28. The normalized spacial score (nSPS) is 9.93. The maximum atomic E-state index is 3.68. The molecule has 0 heterocycles. The van der Waals surface area contributed by atoms with Crippen LogP contribution in [0.15, 0.2) is 43.0 Å². The standard InChI is InChI=1S/C13H20N2/c1-3-10-14-11-12-15(4-2)13-8-6-5-7-9-13/h3,5-9,14H,1,4,10-12H2,2H3. The van der Waals surface area contributed by atoms with Gasteiger partial charge in [0.15, 0.2) is 0 Å². The average molecular weight is 204 g/mol. The van der Waals surface area contributed by atoms with Gasteiger partial charge in [-0.25, -0.2) is 0 Å². The fourth-order valence-corrected chi connectivity index (χ4v) is 1.53. The third kappa shape index (κ3) is 4.17. The van der Waals surface area contributed by atoms with Crippen molar-refractivity contribution in [2.75, 3.05) is 31.1 Å². The summed E-state index contributed by atoms with van der Waals surface area (Å²) in [6.07, 6.45) is 1.89. The lowest BCUT2D eigenvalue weighted by Gasteiger charge is -2.23. The van der Waals surface area contributed by atoms with Crippen LogP contribution < -0.4 is 10.2 Å². The summed E-state index contributed by atoms with van der Waals surface area (Å²) in [5.74, 6) is 0. The van der Waals surface area contributed by atoms with Crippen LogP contribution in [-0.2, 0) is 0 Å². The number of para-hydroxylation sites is 1. The Bertz CT molecular complexity index is 269. The Morgan fingerprint density at radius 3 is 2.67 bits per heavy atom. The van der Waals surface area contributed by atoms with E-state index in [1.54, 1.807) is 0 Å². The van der Waals surface area contributed by atoms with Gasteiger partial charge in [-0.3, -0.25) is 0 Å². The second-order valence-electron chi connectivity index (χ2n) is 3.41. The maximum Gasteiger partial charge on any atom is 0.0366 e. The third-order valence-corrected chi connectivity index (χ3v) is 2.35. The zero-order valence-electron chi connectivity index (χ0n) is 9.45. The van der Waals surface area contributed by atoms with E-state index in [-0.39, 0.29) is 0 Å². The summed E-state index contributed by atoms with van der Waals surface area (Å²) < 4.78 is 0. The highest BCUT2D eigenvalue weighted by Crippen LogP contribution is 2.11. The molecule has 2 heteroatoms. The Balaban J connectivity index is 2.39. The van der Waals surface area contributed by atoms with Crippen molar-refractivity contribution >= 4 is 5.69 Å². The number of nitrogens with one attached hydrogen (secondary N) is 1. The SMILES string of the molecule is C=CCNCCN(CC)c1ccccc1. The summed E-state index contributed by atoms with van der Waals surface area (Å²) in [5, 5.41) is 3.31. The largest absolute Gasteiger partial charge is 0.371 e. The van der Waals surface area contributed by atoms with E-state index in [4.69, 9.17) is 0 Å². The predicted octanol–water partition coefficient (Wildman–Crippen LogP) is 2.29. The highest BCUT2D eigenvalue weighted by molar-refractivity contribution is 5.45. The summed E-state index contributed by atoms with van der Waals surface area (Å²) in [5.41, 5.74) is 1.29. The van der Waals surface area contributed by atoms with Gasteiger partial charge in [-0.05, 0) is 19.1 Å². The van der Waals surface area contributed by atoms with Crippen LogP contribution >= 0.6 is 0 Å². The molecule has 1 rings (SSSR count). The minimum atomic E-state index is 0.881. The van der Waals surface area contributed by atoms with Gasteiger partial charge >= 0.3 is 0 Å². The number of hydrogen-bond acceptors (Lipinski definition) is 2. The van der Waals surface area contributed by atoms with Crippen LogP contribution in [0.3, 0.4) is 0 Å². The molecule has 0 aliphatic heterocycles. The van der Waals surface area contributed by atoms with Crippen LogP contribution in [0.25, 0.3) is 0 Å². The second-order valence-corrected chi connectivity index (χ2v) is 3.41. The smallest absolute Gasteiger partial charge is 0.0366 e. The summed E-state index contributed by atoms with van der Waals surface area (Å²) in [6.45, 7) is 9.81. The fraction of sp³-hybridized carbons (Fsp3) is 0.385. The number of rotatable bonds is 7. The zero-order chi connectivity index (χ0) is 10.9. The molecule has 15 heavy (non-hydrogen) atoms. The molecular weight excluding hydrogens is 184 g/mol. The van der Waals surface area contributed by atoms with E-state index in [1.807, 2.05) is 12.1 Å². The van der Waals surface area contributed by atoms with E-state index in [2.05, 4.69) is 48.0 Å². The Labute approximate surface area is 92.6 Å². The fourth-order valence-electron chi connectivity index (χ4n) is 1.53. The minimum Gasteiger partial charge on any atom is -0.371 e. The molecule has 0 radical (unpaired) electrons. The molecule has 2 nitrogen and oxygen atoms in total. The molecule has 1 aromatic rings. The zero-order valence-corrected chi connectivity index (χ0v) is 9.45. The lowest BCUT2D eigenvalue weighted by Crippen LogP contribution is -2.32. The minimum absolute atomic E-state index is 0.881. The first-order valence-corrected chi connectivity index (χ1v) is 5.50. The van der Waals surface area contributed by atoms with Crippen LogP contribution in [-0.4, -0.2) is 26.2 Å². The predicted molar refractivity (Wildman–Crippen MR) is 67.4 cm³/mol. The van der Waals surface area contributed by atoms with Gasteiger partial charge in [-0.2, -0.15) is 0 Å². The number of nitrogens with zero attached hydrogens (tertiary/aromatic N) is 1. The summed E-state index contributed by atoms with van der Waals surface area (Å²) in [7, 11) is 0. The monoisotopic (exact) mass is 204 g/mol. The van der Waals surface area contributed by atoms with Crippen LogP contribution in [0.2, 0.25) is 0 Å². The van der Waals surface area contributed by atoms with Crippen LogP contribution in [0.4, 0.5) is 5.69 Å². The molecule has 0 spiro atoms. The Morgan fingerprint density at radius 2 is 2.07 bits per heavy atom. The molecule has 0 unspecified atom stereocenters. The van der Waals surface area contributed by atoms with Gasteiger partial charge in [-0.15, -0.1) is 6.58 Å². The van der Waals surface area contributed by atoms with E-state index < -0.39 is 0 Å². The molecule has 0 saturated heterocycles. The van der Waals surface area contributed by atoms with Gasteiger partial charge < -0.3 is 10.2 Å². The van der Waals surface area contributed by atoms with E-state index in [9.17, 15) is 0 Å². The van der Waals surface area contributed by atoms with E-state index >= 15 is 0 Å². The highest BCUT2D eigenvalue weighted by atomic mass is 15.1. The highest BCUT2D eigenvalue weighted by Gasteiger charge is 2.01. The third-order valence-electron chi connectivity index (χ3n) is 2.35. The summed E-state index contributed by atoms with van der Waals surface area (Å²) in [6, 6.07) is 10.5. The first-order valence-electron chi connectivity index (χ1n) is 5.50. The van der Waals surface area contributed by atoms with Gasteiger partial charge in [0.05, 0.1) is 0 Å². The van der Waals surface area contributed by atoms with Crippen molar-refractivity contribution in [3.63, 3.8) is 0 Å². The van der Waals surface area contributed by atoms with Gasteiger partial charge in [0.1, 0.15) is 0 Å². The molecule has 0 atom stereocenters. The average Bonchev–Trinajstić information content (AvgIpc) is 2.30. The lowest BCUT2D eigenvalue weighted by atomic mass is 10.3. The van der Waals surface area contributed by atoms with Crippen molar-refractivity contribution in [2.45, 2.75) is 6.92 Å². The van der Waals surface area contributed by atoms with Crippen molar-refractivity contribution < 1.29 is 0 Å². The molecule has 1 N–H and O–H groups in total. The van der Waals surface area contributed by atoms with E-state index in [0.717, 1.165) is 26.2 Å². The van der Waals surface area contributed by atoms with Gasteiger partial charge in [-0.1, -0.05) is 24.3 Å². The number of hydrogen-bond donors (Lipinski definition) is 1. The molecule has 82 valence electrons. The van der Waals surface area contributed by atoms with E-state index in [1.165, 1.54) is 5.69 Å². The van der Waals surface area contributed by atoms with Crippen molar-refractivity contribution in [2.24, 2.45) is 0 Å². The van der Waals surface area contributed by atoms with Gasteiger partial charge in [0, 0.05) is 31.9 Å². The quantitative estimate of drug-likeness (QED) is 0.541. The van der Waals surface area contributed by atoms with Gasteiger partial charge in [0.25, 0.3) is 0 Å². The molecular formula is C13H20N2. The molecule has 0 saturated carbocycles. The molecule has 0 aliphatic carbocycles.